The van der Waals surface area contributed by atoms with Crippen LogP contribution in [0.5, 0.6) is 0 Å². The normalized spacial score (nSPS) is 48.9. The predicted octanol–water partition coefficient (Wildman–Crippen LogP) is -5.64. The summed E-state index contributed by atoms with van der Waals surface area (Å²) in [5.41, 5.74) is 30.1. The van der Waals surface area contributed by atoms with Gasteiger partial charge < -0.3 is 72.8 Å². The molecule has 14 nitrogen and oxygen atoms in total. The van der Waals surface area contributed by atoms with Crippen LogP contribution in [0.25, 0.3) is 0 Å². The number of rotatable bonds is 8. The Balaban J connectivity index is 1.69. The maximum atomic E-state index is 11.1. The Labute approximate surface area is 203 Å². The SMILES string of the molecule is C#CCOC[C@H]1O[C@H](O[C@@H]2[C@@H](O)[C@H](O[C@H]3OC(CN)[C@@H](O)C[C@H]3N)[C@@H](N)C[C@H]2N)[C@H](O)C(N)[C@@H]1O. The Morgan fingerprint density at radius 1 is 0.800 bits per heavy atom. The third-order valence-electron chi connectivity index (χ3n) is 6.70. The lowest BCUT2D eigenvalue weighted by molar-refractivity contribution is -0.315. The van der Waals surface area contributed by atoms with Gasteiger partial charge in [0.25, 0.3) is 0 Å². The van der Waals surface area contributed by atoms with Gasteiger partial charge in [0.1, 0.15) is 43.2 Å². The van der Waals surface area contributed by atoms with Gasteiger partial charge in [0.2, 0.25) is 0 Å². The zero-order valence-electron chi connectivity index (χ0n) is 19.4. The Hall–Kier alpha value is -1.00. The van der Waals surface area contributed by atoms with Crippen LogP contribution in [0.1, 0.15) is 12.8 Å². The number of hydrogen-bond acceptors (Lipinski definition) is 14. The van der Waals surface area contributed by atoms with E-state index in [1.54, 1.807) is 0 Å². The van der Waals surface area contributed by atoms with Crippen molar-refractivity contribution in [3.63, 3.8) is 0 Å². The van der Waals surface area contributed by atoms with Crippen molar-refractivity contribution in [2.45, 2.75) is 98.4 Å². The average Bonchev–Trinajstić information content (AvgIpc) is 2.81. The molecule has 0 aromatic rings. The number of nitrogens with two attached hydrogens (primary N) is 5. The number of ether oxygens (including phenoxy) is 5. The molecule has 1 aliphatic carbocycles. The van der Waals surface area contributed by atoms with E-state index in [9.17, 15) is 20.4 Å². The van der Waals surface area contributed by atoms with Gasteiger partial charge in [-0.15, -0.1) is 6.42 Å². The van der Waals surface area contributed by atoms with Gasteiger partial charge >= 0.3 is 0 Å². The van der Waals surface area contributed by atoms with E-state index in [2.05, 4.69) is 5.92 Å². The number of terminal acetylenes is 1. The molecule has 14 atom stereocenters. The van der Waals surface area contributed by atoms with E-state index in [0.717, 1.165) is 0 Å². The second kappa shape index (κ2) is 12.5. The number of aliphatic hydroxyl groups is 4. The van der Waals surface area contributed by atoms with Crippen LogP contribution >= 0.6 is 0 Å². The lowest BCUT2D eigenvalue weighted by atomic mass is 9.84. The van der Waals surface area contributed by atoms with Crippen LogP contribution < -0.4 is 28.7 Å². The third-order valence-corrected chi connectivity index (χ3v) is 6.70. The van der Waals surface area contributed by atoms with Crippen molar-refractivity contribution < 1.29 is 44.1 Å². The minimum absolute atomic E-state index is 0.00751. The molecule has 2 unspecified atom stereocenters. The third kappa shape index (κ3) is 6.47. The summed E-state index contributed by atoms with van der Waals surface area (Å²) in [6.45, 7) is -0.0438. The van der Waals surface area contributed by atoms with Crippen LogP contribution in [0.15, 0.2) is 0 Å². The molecule has 3 rings (SSSR count). The van der Waals surface area contributed by atoms with E-state index in [-0.39, 0.29) is 32.6 Å². The van der Waals surface area contributed by atoms with Crippen molar-refractivity contribution in [1.29, 1.82) is 0 Å². The Bertz CT molecular complexity index is 717. The Morgan fingerprint density at radius 2 is 1.40 bits per heavy atom. The summed E-state index contributed by atoms with van der Waals surface area (Å²) in [6, 6.07) is -3.24. The first-order valence-corrected chi connectivity index (χ1v) is 11.7. The fourth-order valence-corrected chi connectivity index (χ4v) is 4.65. The molecule has 2 heterocycles. The number of aliphatic hydroxyl groups excluding tert-OH is 4. The van der Waals surface area contributed by atoms with E-state index < -0.39 is 85.6 Å². The summed E-state index contributed by atoms with van der Waals surface area (Å²) in [4.78, 5) is 0. The van der Waals surface area contributed by atoms with Crippen molar-refractivity contribution >= 4 is 0 Å². The fourth-order valence-electron chi connectivity index (χ4n) is 4.65. The van der Waals surface area contributed by atoms with Crippen molar-refractivity contribution in [3.05, 3.63) is 0 Å². The molecule has 0 radical (unpaired) electrons. The van der Waals surface area contributed by atoms with Crippen molar-refractivity contribution in [3.8, 4) is 12.3 Å². The highest BCUT2D eigenvalue weighted by Crippen LogP contribution is 2.30. The molecule has 14 N–H and O–H groups in total. The molecule has 0 amide bonds. The second-order valence-corrected chi connectivity index (χ2v) is 9.32. The molecule has 0 aromatic carbocycles. The zero-order chi connectivity index (χ0) is 25.9. The maximum absolute atomic E-state index is 11.1. The molecule has 2 aliphatic heterocycles. The van der Waals surface area contributed by atoms with Gasteiger partial charge in [-0.1, -0.05) is 5.92 Å². The molecular formula is C21H39N5O9. The largest absolute Gasteiger partial charge is 0.390 e. The van der Waals surface area contributed by atoms with Crippen LogP contribution in [-0.2, 0) is 23.7 Å². The smallest absolute Gasteiger partial charge is 0.186 e. The monoisotopic (exact) mass is 505 g/mol. The first-order valence-electron chi connectivity index (χ1n) is 11.7. The Morgan fingerprint density at radius 3 is 2.00 bits per heavy atom. The van der Waals surface area contributed by atoms with Crippen molar-refractivity contribution in [2.75, 3.05) is 19.8 Å². The standard InChI is InChI=1S/C21H39N5O9/c1-2-3-31-7-13-15(28)14(26)16(29)21(33-13)35-19-9(24)4-8(23)18(17(19)30)34-20-10(25)5-11(27)12(6-22)32-20/h1,8-21,27-30H,3-7,22-26H2/t8-,9+,10+,11-,12?,13+,14?,15+,16+,17-,18+,19-,20+,21+/m0/s1. The van der Waals surface area contributed by atoms with Gasteiger partial charge in [-0.3, -0.25) is 0 Å². The Kier molecular flexibility index (Phi) is 10.2. The van der Waals surface area contributed by atoms with Gasteiger partial charge in [0, 0.05) is 18.6 Å². The van der Waals surface area contributed by atoms with E-state index in [1.807, 2.05) is 0 Å². The van der Waals surface area contributed by atoms with Gasteiger partial charge in [-0.05, 0) is 12.8 Å². The van der Waals surface area contributed by atoms with Gasteiger partial charge in [-0.2, -0.15) is 0 Å². The highest BCUT2D eigenvalue weighted by Gasteiger charge is 2.50. The second-order valence-electron chi connectivity index (χ2n) is 9.32. The lowest BCUT2D eigenvalue weighted by Crippen LogP contribution is -2.68. The minimum Gasteiger partial charge on any atom is -0.390 e. The molecule has 0 aromatic heterocycles. The summed E-state index contributed by atoms with van der Waals surface area (Å²) >= 11 is 0. The maximum Gasteiger partial charge on any atom is 0.186 e. The first kappa shape index (κ1) is 28.6. The molecule has 2 saturated heterocycles. The van der Waals surface area contributed by atoms with Crippen LogP contribution in [0, 0.1) is 12.3 Å². The van der Waals surface area contributed by atoms with E-state index in [4.69, 9.17) is 58.8 Å². The van der Waals surface area contributed by atoms with E-state index in [0.29, 0.717) is 0 Å². The number of hydrogen-bond donors (Lipinski definition) is 9. The molecule has 3 aliphatic rings. The highest BCUT2D eigenvalue weighted by molar-refractivity contribution is 5.01. The molecule has 3 fully saturated rings. The summed E-state index contributed by atoms with van der Waals surface area (Å²) < 4.78 is 28.4. The molecule has 0 bridgehead atoms. The molecule has 1 saturated carbocycles. The molecule has 14 heteroatoms. The lowest BCUT2D eigenvalue weighted by Gasteiger charge is -2.48. The molecule has 0 spiro atoms. The summed E-state index contributed by atoms with van der Waals surface area (Å²) in [5.74, 6) is 2.30. The zero-order valence-corrected chi connectivity index (χ0v) is 19.4. The van der Waals surface area contributed by atoms with Gasteiger partial charge in [0.15, 0.2) is 12.6 Å². The van der Waals surface area contributed by atoms with Crippen molar-refractivity contribution in [1.82, 2.24) is 0 Å². The minimum atomic E-state index is -1.43. The van der Waals surface area contributed by atoms with E-state index in [1.165, 1.54) is 0 Å². The topological polar surface area (TPSA) is 257 Å². The van der Waals surface area contributed by atoms with Crippen molar-refractivity contribution in [2.24, 2.45) is 28.7 Å². The molecular weight excluding hydrogens is 466 g/mol. The van der Waals surface area contributed by atoms with Crippen LogP contribution in [0.4, 0.5) is 0 Å². The van der Waals surface area contributed by atoms with Crippen LogP contribution in [-0.4, -0.2) is 126 Å². The van der Waals surface area contributed by atoms with Gasteiger partial charge in [0.05, 0.1) is 30.9 Å². The fraction of sp³-hybridized carbons (Fsp3) is 0.905. The highest BCUT2D eigenvalue weighted by atomic mass is 16.7. The average molecular weight is 506 g/mol. The summed E-state index contributed by atoms with van der Waals surface area (Å²) in [6.07, 6.45) is -5.33. The van der Waals surface area contributed by atoms with E-state index >= 15 is 0 Å². The van der Waals surface area contributed by atoms with Crippen LogP contribution in [0.2, 0.25) is 0 Å². The summed E-state index contributed by atoms with van der Waals surface area (Å²) in [5, 5.41) is 42.0. The first-order chi connectivity index (χ1) is 16.6. The quantitative estimate of drug-likeness (QED) is 0.110. The molecule has 35 heavy (non-hydrogen) atoms. The molecule has 202 valence electrons. The summed E-state index contributed by atoms with van der Waals surface area (Å²) in [7, 11) is 0. The predicted molar refractivity (Wildman–Crippen MR) is 121 cm³/mol. The van der Waals surface area contributed by atoms with Gasteiger partial charge in [-0.25, -0.2) is 0 Å². The van der Waals surface area contributed by atoms with Crippen LogP contribution in [0.3, 0.4) is 0 Å².